The first-order chi connectivity index (χ1) is 25.8. The summed E-state index contributed by atoms with van der Waals surface area (Å²) in [7, 11) is -9.52. The SMILES string of the molecule is COc1nc(NC2(Nc3nc(OC)nc(Oc4ccccc4)n3)C=CC(C=Cc3ccccc3)C(S(=O)(=O)[O-])(S(=O)(=O)[O-])C2)nc(Oc2ccccc2)n1.[Na+].[Na+]. The summed E-state index contributed by atoms with van der Waals surface area (Å²) in [5.74, 6) is -1.90. The van der Waals surface area contributed by atoms with Gasteiger partial charge < -0.3 is 38.7 Å². The molecular formula is C34H30N8Na2O10S2. The van der Waals surface area contributed by atoms with E-state index in [0.29, 0.717) is 17.1 Å². The van der Waals surface area contributed by atoms with Crippen LogP contribution in [0.1, 0.15) is 12.0 Å². The molecule has 280 valence electrons. The molecule has 1 aliphatic carbocycles. The molecule has 2 N–H and O–H groups in total. The first kappa shape index (κ1) is 44.5. The number of nitrogens with zero attached hydrogens (tertiary/aromatic N) is 6. The molecule has 5 aromatic rings. The molecule has 18 nitrogen and oxygen atoms in total. The van der Waals surface area contributed by atoms with Crippen LogP contribution in [0, 0.1) is 5.92 Å². The predicted molar refractivity (Wildman–Crippen MR) is 191 cm³/mol. The summed E-state index contributed by atoms with van der Waals surface area (Å²) in [5, 5.41) is 5.62. The third kappa shape index (κ3) is 10.4. The molecule has 56 heavy (non-hydrogen) atoms. The van der Waals surface area contributed by atoms with E-state index in [1.165, 1.54) is 26.4 Å². The van der Waals surface area contributed by atoms with E-state index in [-0.39, 0.29) is 95.1 Å². The Kier molecular flexibility index (Phi) is 14.9. The average molecular weight is 821 g/mol. The molecule has 0 radical (unpaired) electrons. The van der Waals surface area contributed by atoms with Gasteiger partial charge in [0.15, 0.2) is 4.08 Å². The van der Waals surface area contributed by atoms with Gasteiger partial charge in [0.1, 0.15) is 37.4 Å². The standard InChI is InChI=1S/C34H32N8O10S2.2Na/c1-49-29-35-27(37-31(39-29)51-25-14-8-4-9-15-25)41-33(42-28-36-30(50-2)40-32(38-28)52-26-16-10-5-11-17-26)21-20-24(19-18-23-12-6-3-7-13-23)34(22-33,53(43,44)45)54(46,47)48;;/h3-21,24H,22H2,1-2H3,(H,43,44,45)(H,46,47,48)(H,35,37,39,41)(H,36,38,40,42);;/q;2*+1/p-2. The van der Waals surface area contributed by atoms with Gasteiger partial charge in [0.25, 0.3) is 0 Å². The van der Waals surface area contributed by atoms with Crippen LogP contribution in [0.15, 0.2) is 109 Å². The Hall–Kier alpha value is -4.22. The largest absolute Gasteiger partial charge is 1.00 e. The van der Waals surface area contributed by atoms with Crippen LogP contribution >= 0.6 is 0 Å². The van der Waals surface area contributed by atoms with Crippen molar-refractivity contribution in [2.24, 2.45) is 5.92 Å². The van der Waals surface area contributed by atoms with E-state index in [1.807, 2.05) is 0 Å². The summed E-state index contributed by atoms with van der Waals surface area (Å²) < 4.78 is 98.0. The van der Waals surface area contributed by atoms with Crippen LogP contribution < -0.4 is 88.7 Å². The van der Waals surface area contributed by atoms with E-state index < -0.39 is 42.3 Å². The van der Waals surface area contributed by atoms with E-state index >= 15 is 0 Å². The number of aromatic nitrogens is 6. The van der Waals surface area contributed by atoms with Gasteiger partial charge in [-0.2, -0.15) is 19.9 Å². The molecule has 2 aromatic heterocycles. The molecule has 0 fully saturated rings. The van der Waals surface area contributed by atoms with Crippen molar-refractivity contribution in [3.63, 3.8) is 0 Å². The van der Waals surface area contributed by atoms with Gasteiger partial charge in [-0.05, 0) is 35.9 Å². The van der Waals surface area contributed by atoms with E-state index in [2.05, 4.69) is 40.5 Å². The Morgan fingerprint density at radius 3 is 1.46 bits per heavy atom. The zero-order valence-electron chi connectivity index (χ0n) is 30.3. The van der Waals surface area contributed by atoms with Gasteiger partial charge in [-0.3, -0.25) is 0 Å². The zero-order valence-corrected chi connectivity index (χ0v) is 36.0. The monoisotopic (exact) mass is 820 g/mol. The molecule has 1 aliphatic rings. The molecule has 0 spiro atoms. The second-order valence-electron chi connectivity index (χ2n) is 11.5. The topological polar surface area (TPSA) is 253 Å². The molecule has 2 heterocycles. The van der Waals surface area contributed by atoms with Crippen molar-refractivity contribution in [1.82, 2.24) is 29.9 Å². The van der Waals surface area contributed by atoms with Gasteiger partial charge in [-0.1, -0.05) is 85.0 Å². The number of anilines is 2. The van der Waals surface area contributed by atoms with Crippen molar-refractivity contribution in [2.75, 3.05) is 24.9 Å². The van der Waals surface area contributed by atoms with E-state index in [4.69, 9.17) is 18.9 Å². The fourth-order valence-corrected chi connectivity index (χ4v) is 8.25. The van der Waals surface area contributed by atoms with E-state index in [0.717, 1.165) is 12.2 Å². The Bertz CT molecular complexity index is 2260. The van der Waals surface area contributed by atoms with Crippen molar-refractivity contribution in [1.29, 1.82) is 0 Å². The summed E-state index contributed by atoms with van der Waals surface area (Å²) in [4.78, 5) is 25.0. The van der Waals surface area contributed by atoms with Gasteiger partial charge in [0, 0.05) is 12.3 Å². The maximum atomic E-state index is 13.3. The molecule has 6 rings (SSSR count). The molecule has 0 saturated carbocycles. The number of nitrogens with one attached hydrogen (secondary N) is 2. The smallest absolute Gasteiger partial charge is 0.747 e. The number of benzene rings is 3. The number of para-hydroxylation sites is 2. The van der Waals surface area contributed by atoms with Gasteiger partial charge in [-0.15, -0.1) is 9.97 Å². The summed E-state index contributed by atoms with van der Waals surface area (Å²) in [6.07, 6.45) is 3.62. The Morgan fingerprint density at radius 1 is 0.643 bits per heavy atom. The summed E-state index contributed by atoms with van der Waals surface area (Å²) in [6.45, 7) is 0. The maximum absolute atomic E-state index is 13.3. The third-order valence-electron chi connectivity index (χ3n) is 7.89. The minimum absolute atomic E-state index is 0. The molecule has 0 saturated heterocycles. The number of methoxy groups -OCH3 is 2. The average Bonchev–Trinajstić information content (AvgIpc) is 3.14. The Morgan fingerprint density at radius 2 is 1.05 bits per heavy atom. The third-order valence-corrected chi connectivity index (χ3v) is 11.6. The van der Waals surface area contributed by atoms with Crippen LogP contribution in [0.2, 0.25) is 0 Å². The normalized spacial score (nSPS) is 15.8. The molecule has 1 unspecified atom stereocenters. The van der Waals surface area contributed by atoms with E-state index in [1.54, 1.807) is 91.0 Å². The van der Waals surface area contributed by atoms with Crippen molar-refractivity contribution >= 4 is 38.2 Å². The number of hydrogen-bond donors (Lipinski definition) is 2. The quantitative estimate of drug-likeness (QED) is 0.0530. The minimum atomic E-state index is -6.02. The first-order valence-electron chi connectivity index (χ1n) is 15.8. The van der Waals surface area contributed by atoms with Gasteiger partial charge in [0.05, 0.1) is 14.2 Å². The fraction of sp³-hybridized carbons (Fsp3) is 0.176. The van der Waals surface area contributed by atoms with Crippen molar-refractivity contribution in [3.05, 3.63) is 115 Å². The second-order valence-corrected chi connectivity index (χ2v) is 15.0. The number of allylic oxidation sites excluding steroid dienone is 2. The maximum Gasteiger partial charge on any atom is 1.00 e. The van der Waals surface area contributed by atoms with Crippen molar-refractivity contribution < 1.29 is 104 Å². The summed E-state index contributed by atoms with van der Waals surface area (Å²) in [6, 6.07) is 24.1. The number of ether oxygens (including phenoxy) is 4. The van der Waals surface area contributed by atoms with E-state index in [9.17, 15) is 25.9 Å². The van der Waals surface area contributed by atoms with Gasteiger partial charge in [0.2, 0.25) is 11.9 Å². The summed E-state index contributed by atoms with van der Waals surface area (Å²) in [5.41, 5.74) is -1.72. The van der Waals surface area contributed by atoms with Crippen LogP contribution in [0.4, 0.5) is 11.9 Å². The first-order valence-corrected chi connectivity index (χ1v) is 18.6. The van der Waals surface area contributed by atoms with Crippen LogP contribution in [0.3, 0.4) is 0 Å². The molecule has 3 aromatic carbocycles. The fourth-order valence-electron chi connectivity index (χ4n) is 5.46. The second kappa shape index (κ2) is 18.8. The summed E-state index contributed by atoms with van der Waals surface area (Å²) >= 11 is 0. The molecule has 22 heteroatoms. The zero-order chi connectivity index (χ0) is 38.4. The van der Waals surface area contributed by atoms with Crippen LogP contribution in [0.5, 0.6) is 35.5 Å². The van der Waals surface area contributed by atoms with Gasteiger partial charge in [-0.25, -0.2) is 16.8 Å². The van der Waals surface area contributed by atoms with Crippen LogP contribution in [-0.4, -0.2) is 79.8 Å². The van der Waals surface area contributed by atoms with Crippen molar-refractivity contribution in [3.8, 4) is 35.5 Å². The molecule has 0 amide bonds. The van der Waals surface area contributed by atoms with Crippen LogP contribution in [-0.2, 0) is 20.2 Å². The minimum Gasteiger partial charge on any atom is -0.747 e. The Balaban J connectivity index is 0.00000348. The Labute approximate surface area is 366 Å². The van der Waals surface area contributed by atoms with Gasteiger partial charge >= 0.3 is 83.2 Å². The molecule has 1 atom stereocenters. The number of rotatable bonds is 14. The van der Waals surface area contributed by atoms with Crippen molar-refractivity contribution in [2.45, 2.75) is 16.2 Å². The molecule has 0 bridgehead atoms. The molecule has 0 aliphatic heterocycles. The van der Waals surface area contributed by atoms with Crippen LogP contribution in [0.25, 0.3) is 6.08 Å². The molecular weight excluding hydrogens is 791 g/mol. The number of hydrogen-bond acceptors (Lipinski definition) is 18. The predicted octanol–water partition coefficient (Wildman–Crippen LogP) is -2.04.